The minimum atomic E-state index is 0.112. The summed E-state index contributed by atoms with van der Waals surface area (Å²) in [5.74, 6) is 0.975. The van der Waals surface area contributed by atoms with Crippen LogP contribution in [0.15, 0.2) is 92.2 Å². The first-order valence-corrected chi connectivity index (χ1v) is 8.96. The maximum absolute atomic E-state index is 5.96. The second-order valence-corrected chi connectivity index (χ2v) is 6.11. The number of alkyl halides is 1. The van der Waals surface area contributed by atoms with Gasteiger partial charge in [-0.25, -0.2) is 15.0 Å². The topological polar surface area (TPSA) is 50.2 Å². The largest absolute Gasteiger partial charge is 0.456 e. The van der Waals surface area contributed by atoms with Crippen molar-refractivity contribution in [3.63, 3.8) is 0 Å². The molecule has 27 heavy (non-hydrogen) atoms. The minimum Gasteiger partial charge on any atom is -0.456 e. The van der Waals surface area contributed by atoms with Crippen molar-refractivity contribution in [2.75, 3.05) is 6.00 Å². The summed E-state index contributed by atoms with van der Waals surface area (Å²) >= 11 is 5.82. The molecule has 0 amide bonds. The second kappa shape index (κ2) is 7.56. The molecule has 0 atom stereocenters. The Morgan fingerprint density at radius 2 is 1.56 bits per heavy atom. The Balaban J connectivity index is 1.81. The van der Waals surface area contributed by atoms with Crippen molar-refractivity contribution >= 4 is 51.9 Å². The van der Waals surface area contributed by atoms with E-state index in [1.807, 2.05) is 72.8 Å². The number of rotatable bonds is 3. The van der Waals surface area contributed by atoms with E-state index in [9.17, 15) is 0 Å². The fourth-order valence-electron chi connectivity index (χ4n) is 2.99. The van der Waals surface area contributed by atoms with E-state index in [0.29, 0.717) is 11.7 Å². The molecule has 0 unspecified atom stereocenters. The van der Waals surface area contributed by atoms with Gasteiger partial charge in [0.15, 0.2) is 11.7 Å². The molecule has 0 saturated heterocycles. The van der Waals surface area contributed by atoms with Gasteiger partial charge in [0, 0.05) is 21.9 Å². The zero-order chi connectivity index (χ0) is 18.6. The molecule has 0 N–H and O–H groups in total. The van der Waals surface area contributed by atoms with Crippen LogP contribution in [0.2, 0.25) is 0 Å². The van der Waals surface area contributed by atoms with Crippen LogP contribution in [0.25, 0.3) is 21.9 Å². The van der Waals surface area contributed by atoms with E-state index in [2.05, 4.69) is 21.7 Å². The fraction of sp³-hybridized carbons (Fsp3) is 0.0455. The van der Waals surface area contributed by atoms with Crippen molar-refractivity contribution in [3.05, 3.63) is 83.9 Å². The van der Waals surface area contributed by atoms with Gasteiger partial charge < -0.3 is 4.42 Å². The quantitative estimate of drug-likeness (QED) is 0.197. The predicted octanol–water partition coefficient (Wildman–Crippen LogP) is 5.68. The van der Waals surface area contributed by atoms with E-state index in [-0.39, 0.29) is 6.00 Å². The average Bonchev–Trinajstić information content (AvgIpc) is 3.09. The molecule has 4 rings (SSSR count). The van der Waals surface area contributed by atoms with Gasteiger partial charge in [0.25, 0.3) is 0 Å². The zero-order valence-corrected chi connectivity index (χ0v) is 15.2. The maximum atomic E-state index is 5.96. The lowest BCUT2D eigenvalue weighted by Crippen LogP contribution is -2.05. The highest BCUT2D eigenvalue weighted by molar-refractivity contribution is 6.19. The summed E-state index contributed by atoms with van der Waals surface area (Å²) in [5, 5.41) is 2.13. The molecule has 5 heteroatoms. The standard InChI is InChI=1S/C22H16ClN3O/c1-24-21(26-22(25-14-23)15-7-3-2-4-8-15)16-11-12-18-17-9-5-6-10-19(17)27-20(18)13-16/h2-13H,1,14H2. The van der Waals surface area contributed by atoms with Gasteiger partial charge in [0.05, 0.1) is 0 Å². The number of benzene rings is 3. The van der Waals surface area contributed by atoms with Crippen molar-refractivity contribution in [2.45, 2.75) is 0 Å². The van der Waals surface area contributed by atoms with Crippen LogP contribution in [0.4, 0.5) is 0 Å². The molecule has 132 valence electrons. The normalized spacial score (nSPS) is 12.6. The van der Waals surface area contributed by atoms with Crippen LogP contribution in [0, 0.1) is 0 Å². The first kappa shape index (κ1) is 17.2. The predicted molar refractivity (Wildman–Crippen MR) is 114 cm³/mol. The van der Waals surface area contributed by atoms with Crippen LogP contribution < -0.4 is 0 Å². The Bertz CT molecular complexity index is 1180. The molecule has 0 spiro atoms. The van der Waals surface area contributed by atoms with Crippen LogP contribution in [-0.4, -0.2) is 24.4 Å². The first-order chi connectivity index (χ1) is 13.3. The molecule has 4 nitrogen and oxygen atoms in total. The van der Waals surface area contributed by atoms with Crippen molar-refractivity contribution in [1.82, 2.24) is 0 Å². The number of hydrogen-bond acceptors (Lipinski definition) is 2. The van der Waals surface area contributed by atoms with Gasteiger partial charge in [-0.2, -0.15) is 0 Å². The van der Waals surface area contributed by atoms with Crippen LogP contribution >= 0.6 is 11.6 Å². The molecule has 1 aromatic heterocycles. The summed E-state index contributed by atoms with van der Waals surface area (Å²) in [6.07, 6.45) is 0. The summed E-state index contributed by atoms with van der Waals surface area (Å²) in [5.41, 5.74) is 3.29. The molecule has 0 radical (unpaired) electrons. The first-order valence-electron chi connectivity index (χ1n) is 8.43. The molecule has 0 aliphatic heterocycles. The number of para-hydroxylation sites is 1. The third kappa shape index (κ3) is 3.39. The Labute approximate surface area is 161 Å². The third-order valence-corrected chi connectivity index (χ3v) is 4.36. The molecule has 3 aromatic carbocycles. The molecule has 1 heterocycles. The van der Waals surface area contributed by atoms with Crippen LogP contribution in [0.1, 0.15) is 11.1 Å². The number of amidine groups is 2. The molecule has 0 fully saturated rings. The zero-order valence-electron chi connectivity index (χ0n) is 14.5. The van der Waals surface area contributed by atoms with Crippen LogP contribution in [0.5, 0.6) is 0 Å². The Morgan fingerprint density at radius 3 is 2.33 bits per heavy atom. The van der Waals surface area contributed by atoms with E-state index in [1.54, 1.807) is 0 Å². The van der Waals surface area contributed by atoms with E-state index >= 15 is 0 Å². The Morgan fingerprint density at radius 1 is 0.815 bits per heavy atom. The molecule has 0 aliphatic rings. The molecular formula is C22H16ClN3O. The molecule has 0 bridgehead atoms. The van der Waals surface area contributed by atoms with Gasteiger partial charge in [-0.3, -0.25) is 0 Å². The van der Waals surface area contributed by atoms with Crippen molar-refractivity contribution in [3.8, 4) is 0 Å². The van der Waals surface area contributed by atoms with E-state index in [1.165, 1.54) is 0 Å². The van der Waals surface area contributed by atoms with Crippen molar-refractivity contribution in [1.29, 1.82) is 0 Å². The molecule has 4 aromatic rings. The lowest BCUT2D eigenvalue weighted by Gasteiger charge is -2.04. The number of furan rings is 1. The number of aliphatic imine (C=N–C) groups is 3. The van der Waals surface area contributed by atoms with Gasteiger partial charge in [-0.15, -0.1) is 11.6 Å². The molecule has 0 saturated carbocycles. The summed E-state index contributed by atoms with van der Waals surface area (Å²) in [6, 6.07) is 23.6. The van der Waals surface area contributed by atoms with Crippen molar-refractivity contribution in [2.24, 2.45) is 15.0 Å². The second-order valence-electron chi connectivity index (χ2n) is 5.87. The van der Waals surface area contributed by atoms with Crippen LogP contribution in [0.3, 0.4) is 0 Å². The monoisotopic (exact) mass is 373 g/mol. The highest BCUT2D eigenvalue weighted by Gasteiger charge is 2.11. The van der Waals surface area contributed by atoms with E-state index < -0.39 is 0 Å². The number of hydrogen-bond donors (Lipinski definition) is 0. The van der Waals surface area contributed by atoms with Gasteiger partial charge >= 0.3 is 0 Å². The molecule has 0 aliphatic carbocycles. The minimum absolute atomic E-state index is 0.112. The number of fused-ring (bicyclic) bond motifs is 3. The summed E-state index contributed by atoms with van der Waals surface area (Å²) in [7, 11) is 0. The summed E-state index contributed by atoms with van der Waals surface area (Å²) < 4.78 is 5.96. The smallest absolute Gasteiger partial charge is 0.161 e. The fourth-order valence-corrected chi connectivity index (χ4v) is 3.10. The van der Waals surface area contributed by atoms with Gasteiger partial charge in [-0.05, 0) is 24.9 Å². The third-order valence-electron chi connectivity index (χ3n) is 4.24. The average molecular weight is 374 g/mol. The maximum Gasteiger partial charge on any atom is 0.161 e. The van der Waals surface area contributed by atoms with E-state index in [4.69, 9.17) is 16.0 Å². The highest BCUT2D eigenvalue weighted by Crippen LogP contribution is 2.29. The Kier molecular flexibility index (Phi) is 4.81. The SMILES string of the molecule is C=NC(=NC(=NCCl)c1ccccc1)c1ccc2c(c1)oc1ccccc12. The van der Waals surface area contributed by atoms with Crippen molar-refractivity contribution < 1.29 is 4.42 Å². The van der Waals surface area contributed by atoms with Gasteiger partial charge in [0.2, 0.25) is 0 Å². The summed E-state index contributed by atoms with van der Waals surface area (Å²) in [4.78, 5) is 13.0. The van der Waals surface area contributed by atoms with Gasteiger partial charge in [0.1, 0.15) is 17.2 Å². The number of nitrogens with zero attached hydrogens (tertiary/aromatic N) is 3. The van der Waals surface area contributed by atoms with Crippen LogP contribution in [-0.2, 0) is 0 Å². The number of halogens is 1. The lowest BCUT2D eigenvalue weighted by molar-refractivity contribution is 0.669. The van der Waals surface area contributed by atoms with Gasteiger partial charge in [-0.1, -0.05) is 54.6 Å². The van der Waals surface area contributed by atoms with E-state index in [0.717, 1.165) is 33.1 Å². The lowest BCUT2D eigenvalue weighted by atomic mass is 10.1. The Hall–Kier alpha value is -3.24. The highest BCUT2D eigenvalue weighted by atomic mass is 35.5. The summed E-state index contributed by atoms with van der Waals surface area (Å²) in [6.45, 7) is 3.67. The molecular weight excluding hydrogens is 358 g/mol.